The van der Waals surface area contributed by atoms with Crippen LogP contribution in [0.25, 0.3) is 0 Å². The van der Waals surface area contributed by atoms with Gasteiger partial charge < -0.3 is 5.32 Å². The van der Waals surface area contributed by atoms with E-state index in [1.165, 1.54) is 6.08 Å². The molecule has 0 saturated heterocycles. The van der Waals surface area contributed by atoms with Crippen LogP contribution in [0.3, 0.4) is 0 Å². The van der Waals surface area contributed by atoms with Gasteiger partial charge in [0.25, 0.3) is 0 Å². The molecule has 1 atom stereocenters. The summed E-state index contributed by atoms with van der Waals surface area (Å²) >= 11 is 12.7. The molecule has 2 aromatic carbocycles. The number of hydrogen-bond acceptors (Lipinski definition) is 4. The van der Waals surface area contributed by atoms with E-state index in [0.29, 0.717) is 40.9 Å². The first kappa shape index (κ1) is 26.8. The summed E-state index contributed by atoms with van der Waals surface area (Å²) in [5.41, 5.74) is 3.73. The number of aryl methyl sites for hydroxylation is 2. The van der Waals surface area contributed by atoms with Crippen LogP contribution in [0.5, 0.6) is 0 Å². The van der Waals surface area contributed by atoms with Crippen molar-refractivity contribution in [3.05, 3.63) is 93.9 Å². The highest BCUT2D eigenvalue weighted by Crippen LogP contribution is 2.32. The fourth-order valence-corrected chi connectivity index (χ4v) is 5.26. The Morgan fingerprint density at radius 1 is 1.11 bits per heavy atom. The Morgan fingerprint density at radius 2 is 1.86 bits per heavy atom. The summed E-state index contributed by atoms with van der Waals surface area (Å²) in [6.45, 7) is 3.51. The Labute approximate surface area is 227 Å². The van der Waals surface area contributed by atoms with Crippen molar-refractivity contribution >= 4 is 46.5 Å². The first-order valence-corrected chi connectivity index (χ1v) is 13.2. The van der Waals surface area contributed by atoms with Crippen molar-refractivity contribution in [2.24, 2.45) is 5.92 Å². The van der Waals surface area contributed by atoms with E-state index in [9.17, 15) is 9.59 Å². The molecule has 6 nitrogen and oxygen atoms in total. The molecule has 1 aliphatic heterocycles. The molecule has 0 radical (unpaired) electrons. The fourth-order valence-electron chi connectivity index (χ4n) is 4.68. The minimum Gasteiger partial charge on any atom is -0.322 e. The largest absolute Gasteiger partial charge is 0.322 e. The van der Waals surface area contributed by atoms with Crippen LogP contribution in [0, 0.1) is 5.92 Å². The number of hydrogen-bond donors (Lipinski definition) is 1. The molecule has 0 fully saturated rings. The summed E-state index contributed by atoms with van der Waals surface area (Å²) in [6.07, 6.45) is 8.02. The molecule has 1 unspecified atom stereocenters. The Hall–Kier alpha value is -3.22. The molecule has 2 heterocycles. The predicted molar refractivity (Wildman–Crippen MR) is 149 cm³/mol. The molecule has 2 amide bonds. The molecule has 0 aliphatic carbocycles. The number of amides is 2. The number of para-hydroxylation sites is 1. The third-order valence-corrected chi connectivity index (χ3v) is 7.43. The maximum Gasteiger partial charge on any atom is 0.247 e. The molecule has 1 aliphatic rings. The van der Waals surface area contributed by atoms with Gasteiger partial charge in [-0.25, -0.2) is 9.97 Å². The number of nitrogens with one attached hydrogen (secondary N) is 1. The topological polar surface area (TPSA) is 75.2 Å². The third-order valence-electron chi connectivity index (χ3n) is 6.73. The van der Waals surface area contributed by atoms with E-state index < -0.39 is 0 Å². The van der Waals surface area contributed by atoms with E-state index in [1.54, 1.807) is 11.9 Å². The third kappa shape index (κ3) is 6.76. The highest BCUT2D eigenvalue weighted by atomic mass is 35.5. The fraction of sp³-hybridized carbons (Fsp3) is 0.310. The molecule has 0 saturated carbocycles. The number of halogens is 2. The van der Waals surface area contributed by atoms with E-state index in [0.717, 1.165) is 48.1 Å². The first-order valence-electron chi connectivity index (χ1n) is 12.4. The predicted octanol–water partition coefficient (Wildman–Crippen LogP) is 6.24. The number of nitrogens with zero attached hydrogens (tertiary/aromatic N) is 3. The number of anilines is 2. The quantitative estimate of drug-likeness (QED) is 0.328. The molecule has 4 rings (SSSR count). The van der Waals surface area contributed by atoms with Crippen molar-refractivity contribution in [1.82, 2.24) is 9.97 Å². The van der Waals surface area contributed by atoms with Crippen LogP contribution in [0.2, 0.25) is 10.0 Å². The zero-order valence-corrected chi connectivity index (χ0v) is 22.4. The summed E-state index contributed by atoms with van der Waals surface area (Å²) in [6, 6.07) is 13.2. The van der Waals surface area contributed by atoms with E-state index in [2.05, 4.69) is 16.9 Å². The van der Waals surface area contributed by atoms with E-state index in [1.807, 2.05) is 48.7 Å². The van der Waals surface area contributed by atoms with Gasteiger partial charge in [-0.15, -0.1) is 0 Å². The van der Waals surface area contributed by atoms with Gasteiger partial charge in [-0.3, -0.25) is 14.5 Å². The van der Waals surface area contributed by atoms with Gasteiger partial charge in [-0.1, -0.05) is 54.0 Å². The summed E-state index contributed by atoms with van der Waals surface area (Å²) in [5.74, 6) is 1.35. The van der Waals surface area contributed by atoms with Gasteiger partial charge in [0.05, 0.1) is 0 Å². The van der Waals surface area contributed by atoms with Crippen LogP contribution in [0.15, 0.2) is 61.3 Å². The van der Waals surface area contributed by atoms with Crippen molar-refractivity contribution in [2.75, 3.05) is 17.3 Å². The van der Waals surface area contributed by atoms with E-state index in [-0.39, 0.29) is 17.7 Å². The number of rotatable bonds is 9. The SMILES string of the molecule is C=CC(=O)Nc1ccccc1CCCc1ncc2c(n1)N(C)C(=O)CC(CCc1c(Cl)cccc1Cl)C2. The van der Waals surface area contributed by atoms with Gasteiger partial charge in [-0.2, -0.15) is 0 Å². The molecule has 0 spiro atoms. The van der Waals surface area contributed by atoms with Gasteiger partial charge in [0.15, 0.2) is 0 Å². The monoisotopic (exact) mass is 536 g/mol. The lowest BCUT2D eigenvalue weighted by Gasteiger charge is -2.16. The maximum absolute atomic E-state index is 13.0. The summed E-state index contributed by atoms with van der Waals surface area (Å²) < 4.78 is 0. The zero-order valence-electron chi connectivity index (χ0n) is 20.8. The van der Waals surface area contributed by atoms with Gasteiger partial charge in [-0.05, 0) is 73.4 Å². The molecule has 37 heavy (non-hydrogen) atoms. The second kappa shape index (κ2) is 12.3. The lowest BCUT2D eigenvalue weighted by molar-refractivity contribution is -0.119. The standard InChI is InChI=1S/C29H30Cl2N4O2/c1-3-27(36)33-25-12-5-4-8-20(25)9-6-13-26-32-18-21-16-19(17-28(37)35(2)29(21)34-26)14-15-22-23(30)10-7-11-24(22)31/h3-5,7-8,10-12,18-19H,1,6,9,13-17H2,2H3,(H,33,36). The van der Waals surface area contributed by atoms with Crippen molar-refractivity contribution in [2.45, 2.75) is 44.9 Å². The Bertz CT molecular complexity index is 1290. The summed E-state index contributed by atoms with van der Waals surface area (Å²) in [5, 5.41) is 4.16. The van der Waals surface area contributed by atoms with Crippen molar-refractivity contribution in [3.63, 3.8) is 0 Å². The summed E-state index contributed by atoms with van der Waals surface area (Å²) in [7, 11) is 1.78. The van der Waals surface area contributed by atoms with Crippen molar-refractivity contribution in [1.29, 1.82) is 0 Å². The van der Waals surface area contributed by atoms with Gasteiger partial charge in [0.2, 0.25) is 11.8 Å². The normalized spacial score (nSPS) is 15.2. The lowest BCUT2D eigenvalue weighted by atomic mass is 9.91. The van der Waals surface area contributed by atoms with Gasteiger partial charge in [0, 0.05) is 47.4 Å². The number of aromatic nitrogens is 2. The minimum absolute atomic E-state index is 0.0468. The van der Waals surface area contributed by atoms with Crippen molar-refractivity contribution < 1.29 is 9.59 Å². The zero-order chi connectivity index (χ0) is 26.4. The van der Waals surface area contributed by atoms with Gasteiger partial charge in [0.1, 0.15) is 11.6 Å². The number of fused-ring (bicyclic) bond motifs is 1. The van der Waals surface area contributed by atoms with Crippen LogP contribution in [0.4, 0.5) is 11.5 Å². The summed E-state index contributed by atoms with van der Waals surface area (Å²) in [4.78, 5) is 35.7. The maximum atomic E-state index is 13.0. The lowest BCUT2D eigenvalue weighted by Crippen LogP contribution is -2.27. The highest BCUT2D eigenvalue weighted by molar-refractivity contribution is 6.36. The second-order valence-electron chi connectivity index (χ2n) is 9.31. The molecular formula is C29H30Cl2N4O2. The van der Waals surface area contributed by atoms with Crippen LogP contribution in [0.1, 0.15) is 41.8 Å². The number of carbonyl (C=O) groups excluding carboxylic acids is 2. The first-order chi connectivity index (χ1) is 17.9. The Kier molecular flexibility index (Phi) is 8.95. The number of carbonyl (C=O) groups is 2. The molecule has 3 aromatic rings. The average molecular weight is 537 g/mol. The average Bonchev–Trinajstić information content (AvgIpc) is 3.00. The van der Waals surface area contributed by atoms with Crippen LogP contribution in [-0.2, 0) is 35.3 Å². The smallest absolute Gasteiger partial charge is 0.247 e. The molecule has 1 N–H and O–H groups in total. The highest BCUT2D eigenvalue weighted by Gasteiger charge is 2.27. The minimum atomic E-state index is -0.234. The van der Waals surface area contributed by atoms with E-state index in [4.69, 9.17) is 28.2 Å². The molecule has 192 valence electrons. The molecule has 8 heteroatoms. The Balaban J connectivity index is 1.42. The Morgan fingerprint density at radius 3 is 2.62 bits per heavy atom. The van der Waals surface area contributed by atoms with Crippen LogP contribution in [-0.4, -0.2) is 28.8 Å². The molecular weight excluding hydrogens is 507 g/mol. The molecule has 0 bridgehead atoms. The van der Waals surface area contributed by atoms with E-state index >= 15 is 0 Å². The van der Waals surface area contributed by atoms with Crippen LogP contribution < -0.4 is 10.2 Å². The number of benzene rings is 2. The van der Waals surface area contributed by atoms with Crippen molar-refractivity contribution in [3.8, 4) is 0 Å². The van der Waals surface area contributed by atoms with Crippen LogP contribution >= 0.6 is 23.2 Å². The van der Waals surface area contributed by atoms with Gasteiger partial charge >= 0.3 is 0 Å². The second-order valence-corrected chi connectivity index (χ2v) is 10.1. The molecule has 1 aromatic heterocycles.